The van der Waals surface area contributed by atoms with E-state index in [1.54, 1.807) is 6.07 Å². The fourth-order valence-electron chi connectivity index (χ4n) is 2.01. The van der Waals surface area contributed by atoms with Crippen LogP contribution in [0, 0.1) is 15.9 Å². The van der Waals surface area contributed by atoms with E-state index >= 15 is 0 Å². The molecule has 7 nitrogen and oxygen atoms in total. The molecule has 0 saturated heterocycles. The molecule has 1 amide bonds. The van der Waals surface area contributed by atoms with E-state index in [1.807, 2.05) is 0 Å². The zero-order chi connectivity index (χ0) is 17.0. The van der Waals surface area contributed by atoms with E-state index in [0.29, 0.717) is 11.3 Å². The van der Waals surface area contributed by atoms with Crippen molar-refractivity contribution in [1.29, 1.82) is 0 Å². The lowest BCUT2D eigenvalue weighted by atomic mass is 10.1. The molecule has 8 heteroatoms. The number of hydrogen-bond donors (Lipinski definition) is 2. The normalized spacial score (nSPS) is 10.2. The number of nitro groups is 1. The number of carbonyl (C=O) groups excluding carboxylic acids is 1. The average Bonchev–Trinajstić information content (AvgIpc) is 2.52. The number of nitrogens with two attached hydrogens (primary N) is 1. The largest absolute Gasteiger partial charge is 0.494 e. The highest BCUT2D eigenvalue weighted by Gasteiger charge is 2.16. The van der Waals surface area contributed by atoms with Crippen molar-refractivity contribution in [2.24, 2.45) is 5.73 Å². The molecule has 0 spiro atoms. The van der Waals surface area contributed by atoms with Crippen molar-refractivity contribution < 1.29 is 18.8 Å². The van der Waals surface area contributed by atoms with Gasteiger partial charge in [0.1, 0.15) is 0 Å². The van der Waals surface area contributed by atoms with E-state index in [2.05, 4.69) is 5.32 Å². The van der Waals surface area contributed by atoms with Crippen LogP contribution in [-0.2, 0) is 6.54 Å². The maximum atomic E-state index is 13.6. The predicted molar refractivity (Wildman–Crippen MR) is 81.9 cm³/mol. The third-order valence-corrected chi connectivity index (χ3v) is 3.20. The SMILES string of the molecule is COc1ccc(NCc2ccc(C(N)=O)cc2[N+](=O)[O-])cc1F. The lowest BCUT2D eigenvalue weighted by Crippen LogP contribution is -2.12. The summed E-state index contributed by atoms with van der Waals surface area (Å²) in [4.78, 5) is 21.6. The lowest BCUT2D eigenvalue weighted by Gasteiger charge is -2.09. The molecule has 0 radical (unpaired) electrons. The number of benzene rings is 2. The Balaban J connectivity index is 2.21. The predicted octanol–water partition coefficient (Wildman–Crippen LogP) is 2.45. The standard InChI is InChI=1S/C15H14FN3O4/c1-23-14-5-4-11(7-12(14)16)18-8-10-3-2-9(15(17)20)6-13(10)19(21)22/h2-7,18H,8H2,1H3,(H2,17,20). The first-order valence-electron chi connectivity index (χ1n) is 6.57. The number of methoxy groups -OCH3 is 1. The second-order valence-corrected chi connectivity index (χ2v) is 4.67. The van der Waals surface area contributed by atoms with Crippen LogP contribution in [-0.4, -0.2) is 17.9 Å². The second-order valence-electron chi connectivity index (χ2n) is 4.67. The van der Waals surface area contributed by atoms with Gasteiger partial charge in [-0.25, -0.2) is 4.39 Å². The summed E-state index contributed by atoms with van der Waals surface area (Å²) in [7, 11) is 1.36. The third kappa shape index (κ3) is 3.73. The molecule has 0 saturated carbocycles. The van der Waals surface area contributed by atoms with Crippen LogP contribution in [0.15, 0.2) is 36.4 Å². The number of nitrogens with zero attached hydrogens (tertiary/aromatic N) is 1. The van der Waals surface area contributed by atoms with Gasteiger partial charge >= 0.3 is 0 Å². The molecule has 0 aliphatic rings. The third-order valence-electron chi connectivity index (χ3n) is 3.20. The summed E-state index contributed by atoms with van der Waals surface area (Å²) in [5.74, 6) is -1.19. The van der Waals surface area contributed by atoms with Crippen LogP contribution >= 0.6 is 0 Å². The van der Waals surface area contributed by atoms with Crippen molar-refractivity contribution in [2.45, 2.75) is 6.54 Å². The summed E-state index contributed by atoms with van der Waals surface area (Å²) in [6.45, 7) is 0.0844. The highest BCUT2D eigenvalue weighted by atomic mass is 19.1. The number of halogens is 1. The minimum Gasteiger partial charge on any atom is -0.494 e. The van der Waals surface area contributed by atoms with Gasteiger partial charge in [0.05, 0.1) is 12.0 Å². The lowest BCUT2D eigenvalue weighted by molar-refractivity contribution is -0.385. The topological polar surface area (TPSA) is 107 Å². The van der Waals surface area contributed by atoms with Gasteiger partial charge in [0, 0.05) is 35.5 Å². The summed E-state index contributed by atoms with van der Waals surface area (Å²) in [5, 5.41) is 14.0. The fourth-order valence-corrected chi connectivity index (χ4v) is 2.01. The first kappa shape index (κ1) is 16.2. The van der Waals surface area contributed by atoms with Crippen LogP contribution in [0.3, 0.4) is 0 Å². The van der Waals surface area contributed by atoms with Gasteiger partial charge in [-0.15, -0.1) is 0 Å². The molecule has 0 aliphatic heterocycles. The first-order chi connectivity index (χ1) is 10.9. The number of nitro benzene ring substituents is 1. The number of hydrogen-bond acceptors (Lipinski definition) is 5. The van der Waals surface area contributed by atoms with Crippen molar-refractivity contribution >= 4 is 17.3 Å². The van der Waals surface area contributed by atoms with Crippen molar-refractivity contribution in [2.75, 3.05) is 12.4 Å². The number of carbonyl (C=O) groups is 1. The summed E-state index contributed by atoms with van der Waals surface area (Å²) >= 11 is 0. The van der Waals surface area contributed by atoms with Crippen LogP contribution in [0.2, 0.25) is 0 Å². The van der Waals surface area contributed by atoms with Crippen molar-refractivity contribution in [3.63, 3.8) is 0 Å². The number of anilines is 1. The van der Waals surface area contributed by atoms with E-state index in [9.17, 15) is 19.3 Å². The highest BCUT2D eigenvalue weighted by Crippen LogP contribution is 2.24. The Morgan fingerprint density at radius 1 is 1.35 bits per heavy atom. The quantitative estimate of drug-likeness (QED) is 0.628. The molecule has 0 aliphatic carbocycles. The molecule has 0 fully saturated rings. The fraction of sp³-hybridized carbons (Fsp3) is 0.133. The van der Waals surface area contributed by atoms with Gasteiger partial charge in [0.2, 0.25) is 5.91 Å². The summed E-state index contributed by atoms with van der Waals surface area (Å²) in [5.41, 5.74) is 5.71. The molecule has 0 unspecified atom stereocenters. The summed E-state index contributed by atoms with van der Waals surface area (Å²) in [6.07, 6.45) is 0. The Bertz CT molecular complexity index is 764. The molecule has 2 aromatic carbocycles. The smallest absolute Gasteiger partial charge is 0.275 e. The number of rotatable bonds is 6. The van der Waals surface area contributed by atoms with E-state index in [4.69, 9.17) is 10.5 Å². The maximum absolute atomic E-state index is 13.6. The second kappa shape index (κ2) is 6.73. The molecule has 120 valence electrons. The summed E-state index contributed by atoms with van der Waals surface area (Å²) < 4.78 is 18.4. The van der Waals surface area contributed by atoms with Crippen molar-refractivity contribution in [3.8, 4) is 5.75 Å². The molecule has 0 aromatic heterocycles. The molecule has 3 N–H and O–H groups in total. The average molecular weight is 319 g/mol. The van der Waals surface area contributed by atoms with Gasteiger partial charge in [-0.1, -0.05) is 0 Å². The Morgan fingerprint density at radius 3 is 2.65 bits per heavy atom. The Labute approximate surface area is 131 Å². The van der Waals surface area contributed by atoms with Crippen molar-refractivity contribution in [1.82, 2.24) is 0 Å². The number of amides is 1. The maximum Gasteiger partial charge on any atom is 0.275 e. The molecule has 0 atom stereocenters. The van der Waals surface area contributed by atoms with Gasteiger partial charge in [-0.3, -0.25) is 14.9 Å². The summed E-state index contributed by atoms with van der Waals surface area (Å²) in [6, 6.07) is 8.22. The van der Waals surface area contributed by atoms with Crippen molar-refractivity contribution in [3.05, 3.63) is 63.5 Å². The first-order valence-corrected chi connectivity index (χ1v) is 6.57. The van der Waals surface area contributed by atoms with Gasteiger partial charge in [-0.05, 0) is 24.3 Å². The van der Waals surface area contributed by atoms with E-state index in [-0.39, 0.29) is 23.5 Å². The Hall–Kier alpha value is -3.16. The number of primary amides is 1. The van der Waals surface area contributed by atoms with Gasteiger partial charge in [-0.2, -0.15) is 0 Å². The monoisotopic (exact) mass is 319 g/mol. The van der Waals surface area contributed by atoms with Crippen LogP contribution < -0.4 is 15.8 Å². The molecular weight excluding hydrogens is 305 g/mol. The minimum atomic E-state index is -0.746. The Kier molecular flexibility index (Phi) is 4.75. The zero-order valence-corrected chi connectivity index (χ0v) is 12.2. The number of ether oxygens (including phenoxy) is 1. The minimum absolute atomic E-state index is 0.0518. The molecular formula is C15H14FN3O4. The Morgan fingerprint density at radius 2 is 2.09 bits per heavy atom. The van der Waals surface area contributed by atoms with Gasteiger partial charge in [0.15, 0.2) is 11.6 Å². The van der Waals surface area contributed by atoms with E-state index in [0.717, 1.165) is 6.07 Å². The highest BCUT2D eigenvalue weighted by molar-refractivity contribution is 5.93. The van der Waals surface area contributed by atoms with Crippen LogP contribution in [0.5, 0.6) is 5.75 Å². The van der Waals surface area contributed by atoms with Gasteiger partial charge < -0.3 is 15.8 Å². The van der Waals surface area contributed by atoms with E-state index < -0.39 is 16.6 Å². The molecule has 2 rings (SSSR count). The molecule has 2 aromatic rings. The number of nitrogens with one attached hydrogen (secondary N) is 1. The van der Waals surface area contributed by atoms with Crippen LogP contribution in [0.4, 0.5) is 15.8 Å². The van der Waals surface area contributed by atoms with Gasteiger partial charge in [0.25, 0.3) is 5.69 Å². The van der Waals surface area contributed by atoms with Crippen LogP contribution in [0.1, 0.15) is 15.9 Å². The molecule has 0 heterocycles. The van der Waals surface area contributed by atoms with Crippen LogP contribution in [0.25, 0.3) is 0 Å². The van der Waals surface area contributed by atoms with E-state index in [1.165, 1.54) is 31.4 Å². The zero-order valence-electron chi connectivity index (χ0n) is 12.2. The molecule has 23 heavy (non-hydrogen) atoms. The molecule has 0 bridgehead atoms.